The molecule has 0 bridgehead atoms. The number of para-hydroxylation sites is 2. The third-order valence-corrected chi connectivity index (χ3v) is 4.59. The molecule has 2 aromatic carbocycles. The molecule has 2 N–H and O–H groups in total. The highest BCUT2D eigenvalue weighted by Gasteiger charge is 2.08. The van der Waals surface area contributed by atoms with Gasteiger partial charge in [0.15, 0.2) is 9.84 Å². The second-order valence-corrected chi connectivity index (χ2v) is 8.11. The normalized spacial score (nSPS) is 11.6. The molecular formula is C18H19N3O3S. The fourth-order valence-corrected chi connectivity index (χ4v) is 3.37. The van der Waals surface area contributed by atoms with E-state index in [0.717, 1.165) is 16.9 Å². The number of amides is 1. The van der Waals surface area contributed by atoms with Crippen molar-refractivity contribution in [3.05, 3.63) is 65.5 Å². The highest BCUT2D eigenvalue weighted by atomic mass is 32.2. The van der Waals surface area contributed by atoms with E-state index >= 15 is 0 Å². The minimum absolute atomic E-state index is 0.0268. The predicted molar refractivity (Wildman–Crippen MR) is 97.1 cm³/mol. The van der Waals surface area contributed by atoms with Crippen LogP contribution in [-0.4, -0.2) is 37.1 Å². The van der Waals surface area contributed by atoms with Crippen molar-refractivity contribution in [3.63, 3.8) is 0 Å². The summed E-state index contributed by atoms with van der Waals surface area (Å²) in [6.45, 7) is 0.462. The molecule has 3 aromatic rings. The van der Waals surface area contributed by atoms with E-state index in [2.05, 4.69) is 15.3 Å². The number of benzene rings is 2. The average molecular weight is 357 g/mol. The first-order valence-electron chi connectivity index (χ1n) is 7.89. The Balaban J connectivity index is 1.55. The lowest BCUT2D eigenvalue weighted by Gasteiger charge is -2.05. The highest BCUT2D eigenvalue weighted by molar-refractivity contribution is 7.89. The topological polar surface area (TPSA) is 91.9 Å². The maximum atomic E-state index is 12.1. The molecule has 1 aromatic heterocycles. The maximum Gasteiger partial charge on any atom is 0.251 e. The first-order valence-corrected chi connectivity index (χ1v) is 9.95. The Morgan fingerprint density at radius 3 is 2.52 bits per heavy atom. The van der Waals surface area contributed by atoms with Gasteiger partial charge in [0, 0.05) is 24.8 Å². The minimum atomic E-state index is -3.08. The molecule has 0 atom stereocenters. The van der Waals surface area contributed by atoms with Gasteiger partial charge >= 0.3 is 0 Å². The Bertz CT molecular complexity index is 959. The Morgan fingerprint density at radius 1 is 1.12 bits per heavy atom. The molecule has 0 aliphatic rings. The van der Waals surface area contributed by atoms with Crippen LogP contribution >= 0.6 is 0 Å². The summed E-state index contributed by atoms with van der Waals surface area (Å²) in [4.78, 5) is 19.8. The van der Waals surface area contributed by atoms with Crippen LogP contribution in [0.2, 0.25) is 0 Å². The van der Waals surface area contributed by atoms with Crippen molar-refractivity contribution in [2.45, 2.75) is 12.2 Å². The maximum absolute atomic E-state index is 12.1. The van der Waals surface area contributed by atoms with Gasteiger partial charge in [-0.25, -0.2) is 13.4 Å². The van der Waals surface area contributed by atoms with E-state index < -0.39 is 9.84 Å². The van der Waals surface area contributed by atoms with Crippen molar-refractivity contribution in [2.24, 2.45) is 0 Å². The molecule has 6 nitrogen and oxygen atoms in total. The molecule has 1 heterocycles. The number of aromatic amines is 1. The van der Waals surface area contributed by atoms with Gasteiger partial charge in [0.1, 0.15) is 5.82 Å². The zero-order chi connectivity index (χ0) is 17.9. The number of H-pyrrole nitrogens is 1. The van der Waals surface area contributed by atoms with Gasteiger partial charge in [0.25, 0.3) is 5.91 Å². The summed E-state index contributed by atoms with van der Waals surface area (Å²) in [5.41, 5.74) is 3.05. The van der Waals surface area contributed by atoms with Crippen LogP contribution in [0.15, 0.2) is 48.5 Å². The van der Waals surface area contributed by atoms with Crippen molar-refractivity contribution in [1.82, 2.24) is 15.3 Å². The van der Waals surface area contributed by atoms with E-state index in [1.807, 2.05) is 24.3 Å². The molecule has 1 amide bonds. The van der Waals surface area contributed by atoms with Crippen LogP contribution in [0.4, 0.5) is 0 Å². The molecule has 3 rings (SSSR count). The summed E-state index contributed by atoms with van der Waals surface area (Å²) in [5, 5.41) is 2.84. The summed E-state index contributed by atoms with van der Waals surface area (Å²) in [5.74, 6) is 0.605. The number of fused-ring (bicyclic) bond motifs is 1. The number of nitrogens with one attached hydrogen (secondary N) is 2. The standard InChI is InChI=1S/C18H19N3O3S/c1-25(23,24)12-13-6-8-14(9-7-13)18(22)19-11-10-17-20-15-4-2-3-5-16(15)21-17/h2-9H,10-12H2,1H3,(H,19,22)(H,20,21). The summed E-state index contributed by atoms with van der Waals surface area (Å²) in [7, 11) is -3.08. The Labute approximate surface area is 146 Å². The number of sulfone groups is 1. The van der Waals surface area contributed by atoms with Crippen molar-refractivity contribution < 1.29 is 13.2 Å². The molecule has 0 unspecified atom stereocenters. The third-order valence-electron chi connectivity index (χ3n) is 3.73. The highest BCUT2D eigenvalue weighted by Crippen LogP contribution is 2.11. The number of rotatable bonds is 6. The minimum Gasteiger partial charge on any atom is -0.352 e. The smallest absolute Gasteiger partial charge is 0.251 e. The second-order valence-electron chi connectivity index (χ2n) is 5.97. The van der Waals surface area contributed by atoms with Gasteiger partial charge in [-0.3, -0.25) is 4.79 Å². The second kappa shape index (κ2) is 7.06. The largest absolute Gasteiger partial charge is 0.352 e. The third kappa shape index (κ3) is 4.67. The molecule has 0 saturated carbocycles. The van der Waals surface area contributed by atoms with Crippen LogP contribution in [0.3, 0.4) is 0 Å². The van der Waals surface area contributed by atoms with Crippen LogP contribution in [0, 0.1) is 0 Å². The first-order chi connectivity index (χ1) is 11.9. The van der Waals surface area contributed by atoms with Crippen molar-refractivity contribution >= 4 is 26.8 Å². The van der Waals surface area contributed by atoms with Gasteiger partial charge in [-0.2, -0.15) is 0 Å². The lowest BCUT2D eigenvalue weighted by atomic mass is 10.1. The van der Waals surface area contributed by atoms with Gasteiger partial charge < -0.3 is 10.3 Å². The van der Waals surface area contributed by atoms with Crippen LogP contribution in [0.5, 0.6) is 0 Å². The van der Waals surface area contributed by atoms with Crippen LogP contribution < -0.4 is 5.32 Å². The number of aromatic nitrogens is 2. The SMILES string of the molecule is CS(=O)(=O)Cc1ccc(C(=O)NCCc2nc3ccccc3[nH]2)cc1. The Kier molecular flexibility index (Phi) is 4.85. The number of hydrogen-bond acceptors (Lipinski definition) is 4. The van der Waals surface area contributed by atoms with Crippen LogP contribution in [0.25, 0.3) is 11.0 Å². The molecule has 0 fully saturated rings. The lowest BCUT2D eigenvalue weighted by Crippen LogP contribution is -2.25. The quantitative estimate of drug-likeness (QED) is 0.706. The van der Waals surface area contributed by atoms with Crippen molar-refractivity contribution in [1.29, 1.82) is 0 Å². The molecule has 0 aliphatic heterocycles. The summed E-state index contributed by atoms with van der Waals surface area (Å²) in [6.07, 6.45) is 1.79. The fraction of sp³-hybridized carbons (Fsp3) is 0.222. The van der Waals surface area contributed by atoms with E-state index in [4.69, 9.17) is 0 Å². The number of hydrogen-bond donors (Lipinski definition) is 2. The van der Waals surface area contributed by atoms with Gasteiger partial charge in [-0.05, 0) is 29.8 Å². The zero-order valence-corrected chi connectivity index (χ0v) is 14.6. The molecule has 0 aliphatic carbocycles. The number of carbonyl (C=O) groups is 1. The van der Waals surface area contributed by atoms with Crippen molar-refractivity contribution in [2.75, 3.05) is 12.8 Å². The summed E-state index contributed by atoms with van der Waals surface area (Å²) in [6, 6.07) is 14.4. The molecule has 25 heavy (non-hydrogen) atoms. The van der Waals surface area contributed by atoms with Crippen LogP contribution in [-0.2, 0) is 22.0 Å². The van der Waals surface area contributed by atoms with Gasteiger partial charge in [-0.15, -0.1) is 0 Å². The number of nitrogens with zero attached hydrogens (tertiary/aromatic N) is 1. The Hall–Kier alpha value is -2.67. The fourth-order valence-electron chi connectivity index (χ4n) is 2.58. The predicted octanol–water partition coefficient (Wildman–Crippen LogP) is 2.08. The van der Waals surface area contributed by atoms with Gasteiger partial charge in [0.2, 0.25) is 0 Å². The van der Waals surface area contributed by atoms with Crippen molar-refractivity contribution in [3.8, 4) is 0 Å². The molecule has 130 valence electrons. The molecular weight excluding hydrogens is 338 g/mol. The molecule has 0 radical (unpaired) electrons. The summed E-state index contributed by atoms with van der Waals surface area (Å²) >= 11 is 0. The molecule has 0 spiro atoms. The van der Waals surface area contributed by atoms with Gasteiger partial charge in [-0.1, -0.05) is 24.3 Å². The first kappa shape index (κ1) is 17.2. The Morgan fingerprint density at radius 2 is 1.84 bits per heavy atom. The number of carbonyl (C=O) groups excluding carboxylic acids is 1. The molecule has 0 saturated heterocycles. The van der Waals surface area contributed by atoms with E-state index in [1.165, 1.54) is 6.26 Å². The van der Waals surface area contributed by atoms with E-state index in [1.54, 1.807) is 24.3 Å². The van der Waals surface area contributed by atoms with E-state index in [-0.39, 0.29) is 11.7 Å². The lowest BCUT2D eigenvalue weighted by molar-refractivity contribution is 0.0954. The van der Waals surface area contributed by atoms with E-state index in [9.17, 15) is 13.2 Å². The van der Waals surface area contributed by atoms with Gasteiger partial charge in [0.05, 0.1) is 16.8 Å². The number of imidazole rings is 1. The summed E-state index contributed by atoms with van der Waals surface area (Å²) < 4.78 is 22.5. The van der Waals surface area contributed by atoms with Crippen LogP contribution in [0.1, 0.15) is 21.7 Å². The molecule has 7 heteroatoms. The average Bonchev–Trinajstić information content (AvgIpc) is 2.96. The monoisotopic (exact) mass is 357 g/mol. The van der Waals surface area contributed by atoms with E-state index in [0.29, 0.717) is 24.1 Å². The zero-order valence-electron chi connectivity index (χ0n) is 13.8.